The number of carboxylic acid groups (broad SMARTS) is 1. The quantitative estimate of drug-likeness (QED) is 0.710. The number of hydrogen-bond donors (Lipinski definition) is 2. The van der Waals surface area contributed by atoms with E-state index in [0.717, 1.165) is 0 Å². The molecule has 1 atom stereocenters. The zero-order valence-corrected chi connectivity index (χ0v) is 7.44. The lowest BCUT2D eigenvalue weighted by Gasteiger charge is -2.16. The maximum atomic E-state index is 10.6. The second kappa shape index (κ2) is 3.18. The summed E-state index contributed by atoms with van der Waals surface area (Å²) in [6, 6.07) is 0. The Morgan fingerprint density at radius 3 is 2.77 bits per heavy atom. The third-order valence-corrected chi connectivity index (χ3v) is 1.85. The predicted molar refractivity (Wildman–Crippen MR) is 43.2 cm³/mol. The SMILES string of the molecule is Cc1oncc1CC(C)(O)C(=O)O. The van der Waals surface area contributed by atoms with Gasteiger partial charge in [0.1, 0.15) is 5.76 Å². The lowest BCUT2D eigenvalue weighted by molar-refractivity contribution is -0.156. The Hall–Kier alpha value is -1.36. The van der Waals surface area contributed by atoms with Gasteiger partial charge in [-0.15, -0.1) is 0 Å². The van der Waals surface area contributed by atoms with Crippen molar-refractivity contribution in [2.75, 3.05) is 0 Å². The third kappa shape index (κ3) is 2.06. The van der Waals surface area contributed by atoms with E-state index in [1.54, 1.807) is 6.92 Å². The number of aromatic nitrogens is 1. The molecular weight excluding hydrogens is 174 g/mol. The lowest BCUT2D eigenvalue weighted by atomic mass is 9.98. The van der Waals surface area contributed by atoms with Crippen molar-refractivity contribution in [1.29, 1.82) is 0 Å². The Kier molecular flexibility index (Phi) is 2.38. The first kappa shape index (κ1) is 9.73. The lowest BCUT2D eigenvalue weighted by Crippen LogP contribution is -2.37. The molecule has 1 aromatic heterocycles. The van der Waals surface area contributed by atoms with Crippen LogP contribution in [0, 0.1) is 6.92 Å². The van der Waals surface area contributed by atoms with E-state index >= 15 is 0 Å². The Balaban J connectivity index is 2.80. The molecule has 0 amide bonds. The molecule has 1 heterocycles. The van der Waals surface area contributed by atoms with Crippen molar-refractivity contribution in [3.05, 3.63) is 17.5 Å². The van der Waals surface area contributed by atoms with Gasteiger partial charge in [-0.2, -0.15) is 0 Å². The van der Waals surface area contributed by atoms with E-state index in [1.807, 2.05) is 0 Å². The summed E-state index contributed by atoms with van der Waals surface area (Å²) in [6.07, 6.45) is 1.41. The summed E-state index contributed by atoms with van der Waals surface area (Å²) < 4.78 is 4.74. The molecule has 5 heteroatoms. The Morgan fingerprint density at radius 1 is 1.77 bits per heavy atom. The van der Waals surface area contributed by atoms with Gasteiger partial charge >= 0.3 is 5.97 Å². The molecule has 2 N–H and O–H groups in total. The fraction of sp³-hybridized carbons (Fsp3) is 0.500. The fourth-order valence-electron chi connectivity index (χ4n) is 0.935. The van der Waals surface area contributed by atoms with E-state index < -0.39 is 11.6 Å². The first-order chi connectivity index (χ1) is 5.93. The van der Waals surface area contributed by atoms with E-state index in [-0.39, 0.29) is 6.42 Å². The van der Waals surface area contributed by atoms with Crippen LogP contribution in [0.3, 0.4) is 0 Å². The van der Waals surface area contributed by atoms with Crippen LogP contribution in [0.4, 0.5) is 0 Å². The number of carboxylic acids is 1. The Morgan fingerprint density at radius 2 is 2.38 bits per heavy atom. The Labute approximate surface area is 75.0 Å². The molecule has 13 heavy (non-hydrogen) atoms. The maximum Gasteiger partial charge on any atom is 0.335 e. The summed E-state index contributed by atoms with van der Waals surface area (Å²) in [5.74, 6) is -0.727. The number of aryl methyl sites for hydroxylation is 1. The highest BCUT2D eigenvalue weighted by Crippen LogP contribution is 2.16. The minimum atomic E-state index is -1.77. The first-order valence-corrected chi connectivity index (χ1v) is 3.79. The van der Waals surface area contributed by atoms with Gasteiger partial charge in [-0.1, -0.05) is 5.16 Å². The summed E-state index contributed by atoms with van der Waals surface area (Å²) in [5.41, 5.74) is -1.16. The molecule has 72 valence electrons. The fourth-order valence-corrected chi connectivity index (χ4v) is 0.935. The van der Waals surface area contributed by atoms with Gasteiger partial charge in [0.05, 0.1) is 6.20 Å². The van der Waals surface area contributed by atoms with E-state index in [1.165, 1.54) is 13.1 Å². The maximum absolute atomic E-state index is 10.6. The van der Waals surface area contributed by atoms with Crippen molar-refractivity contribution in [3.8, 4) is 0 Å². The molecule has 1 rings (SSSR count). The summed E-state index contributed by atoms with van der Waals surface area (Å²) >= 11 is 0. The molecule has 0 bridgehead atoms. The summed E-state index contributed by atoms with van der Waals surface area (Å²) in [5, 5.41) is 21.5. The highest BCUT2D eigenvalue weighted by atomic mass is 16.5. The minimum Gasteiger partial charge on any atom is -0.479 e. The molecule has 0 fully saturated rings. The molecule has 0 radical (unpaired) electrons. The van der Waals surface area contributed by atoms with Crippen molar-refractivity contribution in [3.63, 3.8) is 0 Å². The molecule has 0 aliphatic carbocycles. The molecule has 0 spiro atoms. The van der Waals surface area contributed by atoms with Crippen molar-refractivity contribution < 1.29 is 19.5 Å². The van der Waals surface area contributed by atoms with E-state index in [2.05, 4.69) is 5.16 Å². The molecule has 0 saturated carbocycles. The van der Waals surface area contributed by atoms with Gasteiger partial charge in [-0.05, 0) is 13.8 Å². The monoisotopic (exact) mass is 185 g/mol. The molecule has 1 unspecified atom stereocenters. The second-order valence-electron chi connectivity index (χ2n) is 3.16. The minimum absolute atomic E-state index is 0.00231. The molecule has 5 nitrogen and oxygen atoms in total. The zero-order valence-electron chi connectivity index (χ0n) is 7.44. The number of aliphatic carboxylic acids is 1. The average molecular weight is 185 g/mol. The van der Waals surface area contributed by atoms with Crippen LogP contribution in [-0.4, -0.2) is 26.9 Å². The number of aliphatic hydroxyl groups is 1. The van der Waals surface area contributed by atoms with Gasteiger partial charge in [0, 0.05) is 12.0 Å². The van der Waals surface area contributed by atoms with Crippen molar-refractivity contribution >= 4 is 5.97 Å². The van der Waals surface area contributed by atoms with E-state index in [9.17, 15) is 9.90 Å². The molecule has 0 aliphatic rings. The van der Waals surface area contributed by atoms with E-state index in [4.69, 9.17) is 9.63 Å². The molecule has 0 aromatic carbocycles. The van der Waals surface area contributed by atoms with E-state index in [0.29, 0.717) is 11.3 Å². The van der Waals surface area contributed by atoms with Crippen molar-refractivity contribution in [2.24, 2.45) is 0 Å². The van der Waals surface area contributed by atoms with Crippen LogP contribution in [0.15, 0.2) is 10.7 Å². The standard InChI is InChI=1S/C8H11NO4/c1-5-6(4-9-13-5)3-8(2,12)7(10)11/h4,12H,3H2,1-2H3,(H,10,11). The summed E-state index contributed by atoms with van der Waals surface area (Å²) in [6.45, 7) is 2.90. The second-order valence-corrected chi connectivity index (χ2v) is 3.16. The normalized spacial score (nSPS) is 15.3. The highest BCUT2D eigenvalue weighted by molar-refractivity contribution is 5.76. The number of nitrogens with zero attached hydrogens (tertiary/aromatic N) is 1. The third-order valence-electron chi connectivity index (χ3n) is 1.85. The number of rotatable bonds is 3. The molecule has 0 aliphatic heterocycles. The van der Waals surface area contributed by atoms with Gasteiger partial charge in [-0.3, -0.25) is 0 Å². The van der Waals surface area contributed by atoms with Crippen LogP contribution in [0.2, 0.25) is 0 Å². The largest absolute Gasteiger partial charge is 0.479 e. The molecule has 0 saturated heterocycles. The van der Waals surface area contributed by atoms with Crippen LogP contribution in [-0.2, 0) is 11.2 Å². The topological polar surface area (TPSA) is 83.6 Å². The summed E-state index contributed by atoms with van der Waals surface area (Å²) in [4.78, 5) is 10.6. The first-order valence-electron chi connectivity index (χ1n) is 3.79. The Bertz CT molecular complexity index is 316. The van der Waals surface area contributed by atoms with Gasteiger partial charge in [-0.25, -0.2) is 4.79 Å². The van der Waals surface area contributed by atoms with Gasteiger partial charge in [0.15, 0.2) is 5.60 Å². The predicted octanol–water partition coefficient (Wildman–Crippen LogP) is 0.361. The smallest absolute Gasteiger partial charge is 0.335 e. The molecule has 1 aromatic rings. The van der Waals surface area contributed by atoms with Crippen LogP contribution in [0.25, 0.3) is 0 Å². The van der Waals surface area contributed by atoms with Gasteiger partial charge in [0.2, 0.25) is 0 Å². The molecular formula is C8H11NO4. The summed E-state index contributed by atoms with van der Waals surface area (Å²) in [7, 11) is 0. The highest BCUT2D eigenvalue weighted by Gasteiger charge is 2.31. The van der Waals surface area contributed by atoms with Crippen molar-refractivity contribution in [1.82, 2.24) is 5.16 Å². The van der Waals surface area contributed by atoms with Gasteiger partial charge in [0.25, 0.3) is 0 Å². The van der Waals surface area contributed by atoms with Crippen LogP contribution < -0.4 is 0 Å². The number of hydrogen-bond acceptors (Lipinski definition) is 4. The van der Waals surface area contributed by atoms with Crippen LogP contribution >= 0.6 is 0 Å². The van der Waals surface area contributed by atoms with Crippen LogP contribution in [0.5, 0.6) is 0 Å². The number of carbonyl (C=O) groups is 1. The van der Waals surface area contributed by atoms with Gasteiger partial charge < -0.3 is 14.7 Å². The zero-order chi connectivity index (χ0) is 10.1. The average Bonchev–Trinajstić information content (AvgIpc) is 2.35. The van der Waals surface area contributed by atoms with Crippen LogP contribution in [0.1, 0.15) is 18.2 Å². The van der Waals surface area contributed by atoms with Crippen molar-refractivity contribution in [2.45, 2.75) is 25.9 Å².